The molecule has 2 aromatic rings. The summed E-state index contributed by atoms with van der Waals surface area (Å²) in [4.78, 5) is 1.21. The quantitative estimate of drug-likeness (QED) is 0.840. The van der Waals surface area contributed by atoms with E-state index in [-0.39, 0.29) is 6.04 Å². The van der Waals surface area contributed by atoms with Crippen LogP contribution in [0.15, 0.2) is 28.1 Å². The molecule has 2 N–H and O–H groups in total. The number of methoxy groups -OCH3 is 2. The van der Waals surface area contributed by atoms with Crippen molar-refractivity contribution >= 4 is 38.9 Å². The topological polar surface area (TPSA) is 44.5 Å². The molecule has 1 aromatic carbocycles. The van der Waals surface area contributed by atoms with Crippen LogP contribution in [0.3, 0.4) is 0 Å². The number of thiophene rings is 1. The second-order valence-electron chi connectivity index (χ2n) is 4.24. The fourth-order valence-electron chi connectivity index (χ4n) is 1.94. The summed E-state index contributed by atoms with van der Waals surface area (Å²) in [6.07, 6.45) is 0.740. The maximum absolute atomic E-state index is 6.27. The molecular formula is C14H15BrClNO2S. The number of benzene rings is 1. The lowest BCUT2D eigenvalue weighted by molar-refractivity contribution is 0.354. The maximum atomic E-state index is 6.27. The SMILES string of the molecule is COc1cc(C(N)Cc2sccc2Br)cc(Cl)c1OC. The van der Waals surface area contributed by atoms with E-state index in [9.17, 15) is 0 Å². The average Bonchev–Trinajstić information content (AvgIpc) is 2.83. The molecule has 0 aliphatic heterocycles. The standard InChI is InChI=1S/C14H15BrClNO2S/c1-18-12-6-8(5-10(16)14(12)19-2)11(17)7-13-9(15)3-4-20-13/h3-6,11H,7,17H2,1-2H3. The van der Waals surface area contributed by atoms with Gasteiger partial charge in [0.05, 0.1) is 19.2 Å². The van der Waals surface area contributed by atoms with Gasteiger partial charge in [0.15, 0.2) is 11.5 Å². The first kappa shape index (κ1) is 15.6. The van der Waals surface area contributed by atoms with Crippen molar-refractivity contribution in [3.63, 3.8) is 0 Å². The van der Waals surface area contributed by atoms with Crippen LogP contribution < -0.4 is 15.2 Å². The molecule has 0 aliphatic rings. The van der Waals surface area contributed by atoms with Crippen molar-refractivity contribution in [1.82, 2.24) is 0 Å². The Morgan fingerprint density at radius 1 is 1.35 bits per heavy atom. The third-order valence-electron chi connectivity index (χ3n) is 2.98. The van der Waals surface area contributed by atoms with Crippen LogP contribution in [0.25, 0.3) is 0 Å². The van der Waals surface area contributed by atoms with Crippen LogP contribution in [0.2, 0.25) is 5.02 Å². The van der Waals surface area contributed by atoms with Gasteiger partial charge in [0.25, 0.3) is 0 Å². The lowest BCUT2D eigenvalue weighted by Crippen LogP contribution is -2.13. The third-order valence-corrected chi connectivity index (χ3v) is 5.21. The minimum absolute atomic E-state index is 0.151. The molecule has 0 saturated carbocycles. The normalized spacial score (nSPS) is 12.2. The van der Waals surface area contributed by atoms with Gasteiger partial charge in [0.2, 0.25) is 0 Å². The van der Waals surface area contributed by atoms with Crippen LogP contribution in [0.1, 0.15) is 16.5 Å². The molecule has 0 spiro atoms. The first-order valence-corrected chi connectivity index (χ1v) is 8.00. The second-order valence-corrected chi connectivity index (χ2v) is 6.50. The lowest BCUT2D eigenvalue weighted by Gasteiger charge is -2.16. The maximum Gasteiger partial charge on any atom is 0.179 e. The predicted octanol–water partition coefficient (Wildman–Crippen LogP) is 4.42. The van der Waals surface area contributed by atoms with Crippen molar-refractivity contribution in [2.45, 2.75) is 12.5 Å². The first-order valence-electron chi connectivity index (χ1n) is 5.95. The minimum atomic E-state index is -0.151. The highest BCUT2D eigenvalue weighted by molar-refractivity contribution is 9.10. The largest absolute Gasteiger partial charge is 0.493 e. The van der Waals surface area contributed by atoms with Gasteiger partial charge in [-0.05, 0) is 45.1 Å². The molecule has 1 heterocycles. The summed E-state index contributed by atoms with van der Waals surface area (Å²) in [6.45, 7) is 0. The highest BCUT2D eigenvalue weighted by Gasteiger charge is 2.16. The van der Waals surface area contributed by atoms with Crippen molar-refractivity contribution in [2.75, 3.05) is 14.2 Å². The van der Waals surface area contributed by atoms with E-state index in [0.29, 0.717) is 16.5 Å². The van der Waals surface area contributed by atoms with Gasteiger partial charge >= 0.3 is 0 Å². The van der Waals surface area contributed by atoms with Crippen LogP contribution in [-0.4, -0.2) is 14.2 Å². The van der Waals surface area contributed by atoms with E-state index in [1.165, 1.54) is 4.88 Å². The summed E-state index contributed by atoms with van der Waals surface area (Å²) in [5.41, 5.74) is 7.19. The molecule has 6 heteroatoms. The van der Waals surface area contributed by atoms with Gasteiger partial charge in [-0.15, -0.1) is 11.3 Å². The van der Waals surface area contributed by atoms with E-state index >= 15 is 0 Å². The minimum Gasteiger partial charge on any atom is -0.493 e. The molecule has 1 aromatic heterocycles. The molecule has 0 fully saturated rings. The summed E-state index contributed by atoms with van der Waals surface area (Å²) in [5.74, 6) is 1.12. The van der Waals surface area contributed by atoms with Crippen LogP contribution >= 0.6 is 38.9 Å². The van der Waals surface area contributed by atoms with E-state index in [2.05, 4.69) is 15.9 Å². The molecule has 0 aliphatic carbocycles. The Morgan fingerprint density at radius 2 is 2.10 bits per heavy atom. The van der Waals surface area contributed by atoms with Gasteiger partial charge in [-0.3, -0.25) is 0 Å². The predicted molar refractivity (Wildman–Crippen MR) is 87.2 cm³/mol. The molecule has 2 rings (SSSR count). The van der Waals surface area contributed by atoms with Crippen molar-refractivity contribution in [3.05, 3.63) is 43.5 Å². The molecule has 0 bridgehead atoms. The molecule has 108 valence electrons. The van der Waals surface area contributed by atoms with E-state index < -0.39 is 0 Å². The highest BCUT2D eigenvalue weighted by atomic mass is 79.9. The summed E-state index contributed by atoms with van der Waals surface area (Å²) in [5, 5.41) is 2.54. The van der Waals surface area contributed by atoms with Crippen LogP contribution in [0, 0.1) is 0 Å². The first-order chi connectivity index (χ1) is 9.56. The van der Waals surface area contributed by atoms with Gasteiger partial charge in [0, 0.05) is 21.8 Å². The number of hydrogen-bond acceptors (Lipinski definition) is 4. The average molecular weight is 377 g/mol. The van der Waals surface area contributed by atoms with E-state index in [1.807, 2.05) is 23.6 Å². The molecule has 1 atom stereocenters. The van der Waals surface area contributed by atoms with Gasteiger partial charge in [-0.2, -0.15) is 0 Å². The zero-order valence-corrected chi connectivity index (χ0v) is 14.3. The van der Waals surface area contributed by atoms with Crippen LogP contribution in [0.4, 0.5) is 0 Å². The smallest absolute Gasteiger partial charge is 0.179 e. The Kier molecular flexibility index (Phi) is 5.32. The number of ether oxygens (including phenoxy) is 2. The van der Waals surface area contributed by atoms with Gasteiger partial charge in [-0.1, -0.05) is 11.6 Å². The Balaban J connectivity index is 2.28. The third kappa shape index (κ3) is 3.28. The fourth-order valence-corrected chi connectivity index (χ4v) is 3.81. The van der Waals surface area contributed by atoms with Crippen LogP contribution in [0.5, 0.6) is 11.5 Å². The second kappa shape index (κ2) is 6.80. The molecule has 0 radical (unpaired) electrons. The highest BCUT2D eigenvalue weighted by Crippen LogP contribution is 2.38. The number of halogens is 2. The van der Waals surface area contributed by atoms with Gasteiger partial charge in [-0.25, -0.2) is 0 Å². The molecule has 3 nitrogen and oxygen atoms in total. The number of hydrogen-bond donors (Lipinski definition) is 1. The zero-order valence-electron chi connectivity index (χ0n) is 11.2. The van der Waals surface area contributed by atoms with Crippen molar-refractivity contribution in [2.24, 2.45) is 5.73 Å². The molecule has 0 amide bonds. The Bertz CT molecular complexity index is 603. The van der Waals surface area contributed by atoms with E-state index in [1.54, 1.807) is 25.6 Å². The Labute approximate surface area is 135 Å². The van der Waals surface area contributed by atoms with Crippen LogP contribution in [-0.2, 0) is 6.42 Å². The van der Waals surface area contributed by atoms with Gasteiger partial charge in [0.1, 0.15) is 0 Å². The Morgan fingerprint density at radius 3 is 2.65 bits per heavy atom. The molecule has 0 saturated heterocycles. The van der Waals surface area contributed by atoms with Crippen molar-refractivity contribution in [3.8, 4) is 11.5 Å². The van der Waals surface area contributed by atoms with E-state index in [4.69, 9.17) is 26.8 Å². The summed E-state index contributed by atoms with van der Waals surface area (Å²) in [7, 11) is 3.14. The summed E-state index contributed by atoms with van der Waals surface area (Å²) >= 11 is 11.4. The fraction of sp³-hybridized carbons (Fsp3) is 0.286. The summed E-state index contributed by atoms with van der Waals surface area (Å²) < 4.78 is 11.6. The van der Waals surface area contributed by atoms with Crippen molar-refractivity contribution < 1.29 is 9.47 Å². The molecule has 1 unspecified atom stereocenters. The number of rotatable bonds is 5. The van der Waals surface area contributed by atoms with Gasteiger partial charge < -0.3 is 15.2 Å². The number of nitrogens with two attached hydrogens (primary N) is 1. The van der Waals surface area contributed by atoms with E-state index in [0.717, 1.165) is 16.5 Å². The molecular weight excluding hydrogens is 362 g/mol. The monoisotopic (exact) mass is 375 g/mol. The summed E-state index contributed by atoms with van der Waals surface area (Å²) in [6, 6.07) is 5.57. The lowest BCUT2D eigenvalue weighted by atomic mass is 10.0. The molecule has 20 heavy (non-hydrogen) atoms. The van der Waals surface area contributed by atoms with Crippen molar-refractivity contribution in [1.29, 1.82) is 0 Å². The zero-order chi connectivity index (χ0) is 14.7. The Hall–Kier alpha value is -0.750.